The highest BCUT2D eigenvalue weighted by molar-refractivity contribution is 6.30. The van der Waals surface area contributed by atoms with Gasteiger partial charge < -0.3 is 14.7 Å². The van der Waals surface area contributed by atoms with Gasteiger partial charge in [-0.05, 0) is 60.6 Å². The summed E-state index contributed by atoms with van der Waals surface area (Å²) in [5, 5.41) is 10.4. The monoisotopic (exact) mass is 373 g/mol. The van der Waals surface area contributed by atoms with E-state index in [1.54, 1.807) is 12.1 Å². The molecule has 4 nitrogen and oxygen atoms in total. The van der Waals surface area contributed by atoms with Gasteiger partial charge >= 0.3 is 0 Å². The molecule has 0 saturated carbocycles. The summed E-state index contributed by atoms with van der Waals surface area (Å²) in [5.74, 6) is 1.26. The number of aromatic hydroxyl groups is 1. The van der Waals surface area contributed by atoms with Gasteiger partial charge in [0.1, 0.15) is 0 Å². The van der Waals surface area contributed by atoms with Gasteiger partial charge in [0.15, 0.2) is 11.5 Å². The van der Waals surface area contributed by atoms with Crippen molar-refractivity contribution >= 4 is 17.5 Å². The molecule has 1 aliphatic heterocycles. The minimum Gasteiger partial charge on any atom is -0.504 e. The third kappa shape index (κ3) is 4.70. The Labute approximate surface area is 159 Å². The maximum atomic E-state index is 12.5. The molecule has 138 valence electrons. The van der Waals surface area contributed by atoms with E-state index < -0.39 is 0 Å². The highest BCUT2D eigenvalue weighted by Crippen LogP contribution is 2.27. The van der Waals surface area contributed by atoms with Gasteiger partial charge in [-0.3, -0.25) is 4.79 Å². The maximum Gasteiger partial charge on any atom is 0.222 e. The van der Waals surface area contributed by atoms with Gasteiger partial charge in [-0.15, -0.1) is 0 Å². The molecule has 26 heavy (non-hydrogen) atoms. The van der Waals surface area contributed by atoms with Gasteiger partial charge in [-0.1, -0.05) is 29.8 Å². The highest BCUT2D eigenvalue weighted by Gasteiger charge is 2.26. The number of amides is 1. The van der Waals surface area contributed by atoms with E-state index in [9.17, 15) is 9.90 Å². The Hall–Kier alpha value is -2.20. The van der Waals surface area contributed by atoms with E-state index >= 15 is 0 Å². The number of likely N-dealkylation sites (tertiary alicyclic amines) is 1. The number of carbonyl (C=O) groups is 1. The van der Waals surface area contributed by atoms with E-state index in [4.69, 9.17) is 16.3 Å². The van der Waals surface area contributed by atoms with E-state index in [0.29, 0.717) is 24.5 Å². The van der Waals surface area contributed by atoms with Crippen LogP contribution >= 0.6 is 11.6 Å². The van der Waals surface area contributed by atoms with Gasteiger partial charge in [-0.25, -0.2) is 0 Å². The van der Waals surface area contributed by atoms with Crippen molar-refractivity contribution < 1.29 is 14.6 Å². The number of methoxy groups -OCH3 is 1. The summed E-state index contributed by atoms with van der Waals surface area (Å²) < 4.78 is 5.12. The van der Waals surface area contributed by atoms with Crippen molar-refractivity contribution in [2.75, 3.05) is 20.2 Å². The summed E-state index contributed by atoms with van der Waals surface area (Å²) in [5.41, 5.74) is 2.26. The summed E-state index contributed by atoms with van der Waals surface area (Å²) >= 11 is 5.93. The van der Waals surface area contributed by atoms with E-state index in [1.807, 2.05) is 23.1 Å². The molecule has 1 N–H and O–H groups in total. The minimum atomic E-state index is 0.118. The quantitative estimate of drug-likeness (QED) is 0.830. The van der Waals surface area contributed by atoms with E-state index in [0.717, 1.165) is 36.5 Å². The normalized spacial score (nSPS) is 16.7. The Morgan fingerprint density at radius 2 is 1.96 bits per heavy atom. The van der Waals surface area contributed by atoms with Crippen LogP contribution in [0.5, 0.6) is 11.5 Å². The standard InChI is InChI=1S/C21H24ClNO3/c1-26-20-13-16(4-8-19(20)24)5-9-21(25)23-11-10-17(14-23)12-15-2-6-18(22)7-3-15/h2-4,6-8,13,17,24H,5,9-12,14H2,1H3. The first-order valence-corrected chi connectivity index (χ1v) is 9.31. The number of rotatable bonds is 6. The van der Waals surface area contributed by atoms with Crippen LogP contribution in [0.4, 0.5) is 0 Å². The van der Waals surface area contributed by atoms with Crippen LogP contribution < -0.4 is 4.74 Å². The Balaban J connectivity index is 1.49. The fraction of sp³-hybridized carbons (Fsp3) is 0.381. The Morgan fingerprint density at radius 1 is 1.23 bits per heavy atom. The van der Waals surface area contributed by atoms with Crippen molar-refractivity contribution in [2.45, 2.75) is 25.7 Å². The van der Waals surface area contributed by atoms with Gasteiger partial charge in [0, 0.05) is 24.5 Å². The second-order valence-corrected chi connectivity index (χ2v) is 7.27. The molecule has 5 heteroatoms. The SMILES string of the molecule is COc1cc(CCC(=O)N2CCC(Cc3ccc(Cl)cc3)C2)ccc1O. The smallest absolute Gasteiger partial charge is 0.222 e. The topological polar surface area (TPSA) is 49.8 Å². The van der Waals surface area contributed by atoms with E-state index in [-0.39, 0.29) is 11.7 Å². The molecule has 1 heterocycles. The number of hydrogen-bond acceptors (Lipinski definition) is 3. The molecular formula is C21H24ClNO3. The zero-order valence-corrected chi connectivity index (χ0v) is 15.7. The van der Waals surface area contributed by atoms with Crippen LogP contribution in [0, 0.1) is 5.92 Å². The number of nitrogens with zero attached hydrogens (tertiary/aromatic N) is 1. The van der Waals surface area contributed by atoms with Crippen LogP contribution in [0.1, 0.15) is 24.0 Å². The van der Waals surface area contributed by atoms with E-state index in [2.05, 4.69) is 12.1 Å². The molecule has 0 aromatic heterocycles. The fourth-order valence-electron chi connectivity index (χ4n) is 3.47. The Morgan fingerprint density at radius 3 is 2.69 bits per heavy atom. The Kier molecular flexibility index (Phi) is 6.04. The summed E-state index contributed by atoms with van der Waals surface area (Å²) in [7, 11) is 1.52. The molecule has 3 rings (SSSR count). The number of benzene rings is 2. The molecule has 1 saturated heterocycles. The molecule has 0 radical (unpaired) electrons. The van der Waals surface area contributed by atoms with Crippen LogP contribution in [0.2, 0.25) is 5.02 Å². The first-order chi connectivity index (χ1) is 12.5. The predicted octanol–water partition coefficient (Wildman–Crippen LogP) is 4.08. The number of hydrogen-bond donors (Lipinski definition) is 1. The molecule has 0 aliphatic carbocycles. The summed E-state index contributed by atoms with van der Waals surface area (Å²) in [6, 6.07) is 13.2. The fourth-order valence-corrected chi connectivity index (χ4v) is 3.59. The zero-order chi connectivity index (χ0) is 18.5. The summed E-state index contributed by atoms with van der Waals surface area (Å²) in [6.45, 7) is 1.65. The summed E-state index contributed by atoms with van der Waals surface area (Å²) in [4.78, 5) is 14.5. The first-order valence-electron chi connectivity index (χ1n) is 8.93. The number of ether oxygens (including phenoxy) is 1. The number of phenolic OH excluding ortho intramolecular Hbond substituents is 1. The van der Waals surface area contributed by atoms with Crippen LogP contribution in [-0.4, -0.2) is 36.1 Å². The summed E-state index contributed by atoms with van der Waals surface area (Å²) in [6.07, 6.45) is 3.15. The average Bonchev–Trinajstić information content (AvgIpc) is 3.11. The van der Waals surface area contributed by atoms with Crippen molar-refractivity contribution in [1.82, 2.24) is 4.90 Å². The van der Waals surface area contributed by atoms with Crippen molar-refractivity contribution in [3.05, 3.63) is 58.6 Å². The highest BCUT2D eigenvalue weighted by atomic mass is 35.5. The molecule has 2 aromatic carbocycles. The molecule has 0 bridgehead atoms. The van der Waals surface area contributed by atoms with Crippen molar-refractivity contribution in [3.8, 4) is 11.5 Å². The van der Waals surface area contributed by atoms with Gasteiger partial charge in [0.05, 0.1) is 7.11 Å². The maximum absolute atomic E-state index is 12.5. The lowest BCUT2D eigenvalue weighted by molar-refractivity contribution is -0.130. The third-order valence-electron chi connectivity index (χ3n) is 4.95. The van der Waals surface area contributed by atoms with Gasteiger partial charge in [-0.2, -0.15) is 0 Å². The van der Waals surface area contributed by atoms with Crippen LogP contribution in [0.25, 0.3) is 0 Å². The molecule has 1 fully saturated rings. The van der Waals surface area contributed by atoms with Crippen molar-refractivity contribution in [1.29, 1.82) is 0 Å². The molecular weight excluding hydrogens is 350 g/mol. The molecule has 1 atom stereocenters. The Bertz CT molecular complexity index is 760. The second kappa shape index (κ2) is 8.45. The van der Waals surface area contributed by atoms with Crippen molar-refractivity contribution in [3.63, 3.8) is 0 Å². The number of phenols is 1. The predicted molar refractivity (Wildman–Crippen MR) is 103 cm³/mol. The largest absolute Gasteiger partial charge is 0.504 e. The number of aryl methyl sites for hydroxylation is 1. The van der Waals surface area contributed by atoms with E-state index in [1.165, 1.54) is 12.7 Å². The first kappa shape index (κ1) is 18.6. The second-order valence-electron chi connectivity index (χ2n) is 6.83. The van der Waals surface area contributed by atoms with Crippen LogP contribution in [0.3, 0.4) is 0 Å². The molecule has 1 unspecified atom stereocenters. The molecule has 2 aromatic rings. The lowest BCUT2D eigenvalue weighted by atomic mass is 9.99. The number of halogens is 1. The number of carbonyl (C=O) groups excluding carboxylic acids is 1. The lowest BCUT2D eigenvalue weighted by Gasteiger charge is -2.17. The molecule has 0 spiro atoms. The lowest BCUT2D eigenvalue weighted by Crippen LogP contribution is -2.29. The van der Waals surface area contributed by atoms with Crippen molar-refractivity contribution in [2.24, 2.45) is 5.92 Å². The van der Waals surface area contributed by atoms with Crippen LogP contribution in [-0.2, 0) is 17.6 Å². The van der Waals surface area contributed by atoms with Gasteiger partial charge in [0.2, 0.25) is 5.91 Å². The zero-order valence-electron chi connectivity index (χ0n) is 15.0. The minimum absolute atomic E-state index is 0.118. The average molecular weight is 374 g/mol. The molecule has 1 amide bonds. The van der Waals surface area contributed by atoms with Crippen LogP contribution in [0.15, 0.2) is 42.5 Å². The molecule has 1 aliphatic rings. The van der Waals surface area contributed by atoms with Gasteiger partial charge in [0.25, 0.3) is 0 Å². The third-order valence-corrected chi connectivity index (χ3v) is 5.20.